The molecule has 0 bridgehead atoms. The van der Waals surface area contributed by atoms with Crippen molar-refractivity contribution in [2.75, 3.05) is 24.2 Å². The minimum atomic E-state index is -3.92. The Bertz CT molecular complexity index is 1120. The lowest BCUT2D eigenvalue weighted by molar-refractivity contribution is -0.139. The number of hydrogen-bond donors (Lipinski definition) is 1. The zero-order valence-electron chi connectivity index (χ0n) is 18.3. The Morgan fingerprint density at radius 1 is 1.09 bits per heavy atom. The van der Waals surface area contributed by atoms with Crippen LogP contribution >= 0.6 is 0 Å². The molecule has 0 saturated heterocycles. The van der Waals surface area contributed by atoms with Crippen LogP contribution in [-0.2, 0) is 26.2 Å². The highest BCUT2D eigenvalue weighted by Crippen LogP contribution is 2.21. The summed E-state index contributed by atoms with van der Waals surface area (Å²) in [5.41, 5.74) is 0.596. The van der Waals surface area contributed by atoms with Gasteiger partial charge in [0.2, 0.25) is 21.8 Å². The first-order valence-corrected chi connectivity index (χ1v) is 11.6. The predicted octanol–water partition coefficient (Wildman–Crippen LogP) is 1.96. The standard InChI is InChI=1S/C22H26FN3O5S/c1-15(22(29)24-3)25(13-18-8-5-6-11-20(18)23)21(28)14-26(32(4,30)31)19-10-7-9-17(12-19)16(2)27/h5-12,15H,13-14H2,1-4H3,(H,24,29)/t15-/m1/s1. The van der Waals surface area contributed by atoms with Gasteiger partial charge in [-0.05, 0) is 32.0 Å². The van der Waals surface area contributed by atoms with Gasteiger partial charge in [0.25, 0.3) is 0 Å². The highest BCUT2D eigenvalue weighted by Gasteiger charge is 2.30. The summed E-state index contributed by atoms with van der Waals surface area (Å²) in [5, 5.41) is 2.44. The van der Waals surface area contributed by atoms with Crippen molar-refractivity contribution < 1.29 is 27.2 Å². The molecule has 0 aliphatic heterocycles. The number of carbonyl (C=O) groups excluding carboxylic acids is 3. The van der Waals surface area contributed by atoms with E-state index in [4.69, 9.17) is 0 Å². The monoisotopic (exact) mass is 463 g/mol. The molecule has 2 aromatic rings. The van der Waals surface area contributed by atoms with Crippen LogP contribution in [0.15, 0.2) is 48.5 Å². The van der Waals surface area contributed by atoms with E-state index in [1.807, 2.05) is 0 Å². The number of nitrogens with zero attached hydrogens (tertiary/aromatic N) is 2. The molecule has 0 saturated carbocycles. The Morgan fingerprint density at radius 3 is 2.31 bits per heavy atom. The molecule has 32 heavy (non-hydrogen) atoms. The number of hydrogen-bond acceptors (Lipinski definition) is 5. The maximum absolute atomic E-state index is 14.2. The SMILES string of the molecule is CNC(=O)[C@@H](C)N(Cc1ccccc1F)C(=O)CN(c1cccc(C(C)=O)c1)S(C)(=O)=O. The molecule has 0 heterocycles. The van der Waals surface area contributed by atoms with Crippen molar-refractivity contribution >= 4 is 33.3 Å². The minimum absolute atomic E-state index is 0.131. The number of Topliss-reactive ketones (excluding diaryl/α,β-unsaturated/α-hetero) is 1. The molecule has 2 amide bonds. The van der Waals surface area contributed by atoms with Crippen molar-refractivity contribution in [1.82, 2.24) is 10.2 Å². The molecule has 0 radical (unpaired) electrons. The van der Waals surface area contributed by atoms with E-state index in [2.05, 4.69) is 5.32 Å². The van der Waals surface area contributed by atoms with Crippen LogP contribution in [0.25, 0.3) is 0 Å². The van der Waals surface area contributed by atoms with Crippen molar-refractivity contribution in [3.05, 3.63) is 65.5 Å². The molecular formula is C22H26FN3O5S. The minimum Gasteiger partial charge on any atom is -0.357 e. The smallest absolute Gasteiger partial charge is 0.244 e. The molecule has 0 aliphatic rings. The van der Waals surface area contributed by atoms with Gasteiger partial charge in [0.05, 0.1) is 11.9 Å². The number of benzene rings is 2. The van der Waals surface area contributed by atoms with Gasteiger partial charge >= 0.3 is 0 Å². The van der Waals surface area contributed by atoms with Gasteiger partial charge in [0.1, 0.15) is 18.4 Å². The maximum atomic E-state index is 14.2. The first-order chi connectivity index (χ1) is 15.0. The third-order valence-electron chi connectivity index (χ3n) is 4.93. The normalized spacial score (nSPS) is 12.0. The molecular weight excluding hydrogens is 437 g/mol. The van der Waals surface area contributed by atoms with Crippen LogP contribution in [0.1, 0.15) is 29.8 Å². The number of amides is 2. The third-order valence-corrected chi connectivity index (χ3v) is 6.07. The Balaban J connectivity index is 2.43. The molecule has 1 N–H and O–H groups in total. The summed E-state index contributed by atoms with van der Waals surface area (Å²) < 4.78 is 40.0. The number of nitrogens with one attached hydrogen (secondary N) is 1. The van der Waals surface area contributed by atoms with E-state index in [0.717, 1.165) is 15.5 Å². The second-order valence-corrected chi connectivity index (χ2v) is 9.19. The summed E-state index contributed by atoms with van der Waals surface area (Å²) in [6.45, 7) is 1.95. The number of halogens is 1. The van der Waals surface area contributed by atoms with Crippen LogP contribution in [0.4, 0.5) is 10.1 Å². The fraction of sp³-hybridized carbons (Fsp3) is 0.318. The van der Waals surface area contributed by atoms with E-state index in [9.17, 15) is 27.2 Å². The van der Waals surface area contributed by atoms with Gasteiger partial charge in [-0.15, -0.1) is 0 Å². The van der Waals surface area contributed by atoms with Crippen LogP contribution in [0.2, 0.25) is 0 Å². The van der Waals surface area contributed by atoms with Crippen LogP contribution in [0.5, 0.6) is 0 Å². The third kappa shape index (κ3) is 6.13. The topological polar surface area (TPSA) is 104 Å². The Labute approximate surface area is 187 Å². The second-order valence-electron chi connectivity index (χ2n) is 7.28. The summed E-state index contributed by atoms with van der Waals surface area (Å²) >= 11 is 0. The highest BCUT2D eigenvalue weighted by atomic mass is 32.2. The number of anilines is 1. The fourth-order valence-electron chi connectivity index (χ4n) is 3.10. The van der Waals surface area contributed by atoms with E-state index in [1.165, 1.54) is 63.4 Å². The first kappa shape index (κ1) is 25.0. The molecule has 1 atom stereocenters. The second kappa shape index (κ2) is 10.4. The Morgan fingerprint density at radius 2 is 1.75 bits per heavy atom. The van der Waals surface area contributed by atoms with E-state index >= 15 is 0 Å². The summed E-state index contributed by atoms with van der Waals surface area (Å²) in [6, 6.07) is 10.7. The van der Waals surface area contributed by atoms with Gasteiger partial charge in [-0.2, -0.15) is 0 Å². The number of likely N-dealkylation sites (N-methyl/N-ethyl adjacent to an activating group) is 1. The van der Waals surface area contributed by atoms with Crippen LogP contribution in [0.3, 0.4) is 0 Å². The van der Waals surface area contributed by atoms with Crippen molar-refractivity contribution in [3.8, 4) is 0 Å². The van der Waals surface area contributed by atoms with Gasteiger partial charge in [-0.3, -0.25) is 18.7 Å². The molecule has 2 aromatic carbocycles. The lowest BCUT2D eigenvalue weighted by Gasteiger charge is -2.31. The summed E-state index contributed by atoms with van der Waals surface area (Å²) in [6.07, 6.45) is 0.935. The lowest BCUT2D eigenvalue weighted by Crippen LogP contribution is -2.50. The van der Waals surface area contributed by atoms with Crippen LogP contribution in [-0.4, -0.2) is 56.8 Å². The van der Waals surface area contributed by atoms with E-state index in [1.54, 1.807) is 6.07 Å². The van der Waals surface area contributed by atoms with E-state index < -0.39 is 40.2 Å². The van der Waals surface area contributed by atoms with Gasteiger partial charge in [0.15, 0.2) is 5.78 Å². The van der Waals surface area contributed by atoms with E-state index in [-0.39, 0.29) is 29.1 Å². The fourth-order valence-corrected chi connectivity index (χ4v) is 3.94. The largest absolute Gasteiger partial charge is 0.357 e. The molecule has 0 aromatic heterocycles. The first-order valence-electron chi connectivity index (χ1n) is 9.79. The van der Waals surface area contributed by atoms with Gasteiger partial charge in [-0.1, -0.05) is 30.3 Å². The number of carbonyl (C=O) groups is 3. The van der Waals surface area contributed by atoms with Gasteiger partial charge in [-0.25, -0.2) is 12.8 Å². The Kier molecular flexibility index (Phi) is 8.09. The quantitative estimate of drug-likeness (QED) is 0.573. The van der Waals surface area contributed by atoms with Crippen molar-refractivity contribution in [1.29, 1.82) is 0 Å². The summed E-state index contributed by atoms with van der Waals surface area (Å²) in [4.78, 5) is 38.3. The number of sulfonamides is 1. The Hall–Kier alpha value is -3.27. The molecule has 8 nitrogen and oxygen atoms in total. The highest BCUT2D eigenvalue weighted by molar-refractivity contribution is 7.92. The molecule has 172 valence electrons. The summed E-state index contributed by atoms with van der Waals surface area (Å²) in [5.74, 6) is -2.01. The van der Waals surface area contributed by atoms with E-state index in [0.29, 0.717) is 0 Å². The molecule has 0 aliphatic carbocycles. The number of rotatable bonds is 9. The van der Waals surface area contributed by atoms with Crippen LogP contribution < -0.4 is 9.62 Å². The molecule has 0 unspecified atom stereocenters. The average Bonchev–Trinajstić information content (AvgIpc) is 2.74. The molecule has 2 rings (SSSR count). The predicted molar refractivity (Wildman–Crippen MR) is 119 cm³/mol. The molecule has 0 spiro atoms. The van der Waals surface area contributed by atoms with Gasteiger partial charge < -0.3 is 10.2 Å². The summed E-state index contributed by atoms with van der Waals surface area (Å²) in [7, 11) is -2.52. The van der Waals surface area contributed by atoms with Crippen molar-refractivity contribution in [2.45, 2.75) is 26.4 Å². The number of ketones is 1. The molecule has 0 fully saturated rings. The zero-order valence-corrected chi connectivity index (χ0v) is 19.1. The molecule has 10 heteroatoms. The van der Waals surface area contributed by atoms with Crippen molar-refractivity contribution in [3.63, 3.8) is 0 Å². The maximum Gasteiger partial charge on any atom is 0.244 e. The van der Waals surface area contributed by atoms with Crippen LogP contribution in [0, 0.1) is 5.82 Å². The lowest BCUT2D eigenvalue weighted by atomic mass is 10.1. The van der Waals surface area contributed by atoms with Gasteiger partial charge in [0, 0.05) is 24.7 Å². The zero-order chi connectivity index (χ0) is 24.1. The van der Waals surface area contributed by atoms with Crippen molar-refractivity contribution in [2.24, 2.45) is 0 Å². The average molecular weight is 464 g/mol.